The summed E-state index contributed by atoms with van der Waals surface area (Å²) in [7, 11) is 0. The van der Waals surface area contributed by atoms with E-state index in [2.05, 4.69) is 21.3 Å². The molecule has 0 aliphatic carbocycles. The molecule has 0 saturated heterocycles. The first-order valence-corrected chi connectivity index (χ1v) is 16.4. The number of aliphatic carboxylic acids is 1. The van der Waals surface area contributed by atoms with E-state index in [0.717, 1.165) is 11.1 Å². The standard InChI is InChI=1S/C36H52N4O7/c1-7-24(6)33(35(45)40-32(23(4)5)36(46)47)39-30(43)21-28(41)27(20-26-16-12-9-13-17-26)37-34(44)31(22(2)3)38-29(42)19-18-25-14-10-8-11-15-25/h8-17,22-24,27-28,31-33,41H,7,18-21H2,1-6H3,(H,37,44)(H,38,42)(H,39,43)(H,40,45)(H,46,47)/t24-,27-,28-,31?,32?,33-/m0/s1. The summed E-state index contributed by atoms with van der Waals surface area (Å²) in [5, 5.41) is 31.7. The Morgan fingerprint density at radius 2 is 1.17 bits per heavy atom. The van der Waals surface area contributed by atoms with Crippen LogP contribution in [0.3, 0.4) is 0 Å². The van der Waals surface area contributed by atoms with Crippen LogP contribution in [-0.2, 0) is 36.8 Å². The third-order valence-electron chi connectivity index (χ3n) is 8.28. The van der Waals surface area contributed by atoms with E-state index in [4.69, 9.17) is 0 Å². The zero-order valence-electron chi connectivity index (χ0n) is 28.4. The fourth-order valence-electron chi connectivity index (χ4n) is 5.13. The molecule has 6 N–H and O–H groups in total. The van der Waals surface area contributed by atoms with E-state index < -0.39 is 60.4 Å². The van der Waals surface area contributed by atoms with Gasteiger partial charge in [0.15, 0.2) is 0 Å². The Morgan fingerprint density at radius 3 is 1.68 bits per heavy atom. The number of carboxylic acids is 1. The fourth-order valence-corrected chi connectivity index (χ4v) is 5.13. The fraction of sp³-hybridized carbons (Fsp3) is 0.528. The van der Waals surface area contributed by atoms with Crippen LogP contribution in [0.25, 0.3) is 0 Å². The second kappa shape index (κ2) is 19.4. The molecule has 0 spiro atoms. The maximum atomic E-state index is 13.6. The van der Waals surface area contributed by atoms with Crippen LogP contribution in [0.4, 0.5) is 0 Å². The maximum absolute atomic E-state index is 13.6. The van der Waals surface area contributed by atoms with Crippen molar-refractivity contribution in [3.63, 3.8) is 0 Å². The number of aliphatic hydroxyl groups excluding tert-OH is 1. The van der Waals surface area contributed by atoms with Crippen LogP contribution in [0.5, 0.6) is 0 Å². The van der Waals surface area contributed by atoms with Gasteiger partial charge in [0.05, 0.1) is 18.6 Å². The molecule has 0 aliphatic heterocycles. The number of rotatable bonds is 19. The van der Waals surface area contributed by atoms with Gasteiger partial charge in [-0.25, -0.2) is 4.79 Å². The number of nitrogens with one attached hydrogen (secondary N) is 4. The van der Waals surface area contributed by atoms with Crippen LogP contribution in [0.2, 0.25) is 0 Å². The van der Waals surface area contributed by atoms with Gasteiger partial charge in [0.25, 0.3) is 0 Å². The number of carboxylic acid groups (broad SMARTS) is 1. The van der Waals surface area contributed by atoms with Gasteiger partial charge in [0, 0.05) is 6.42 Å². The number of hydrogen-bond acceptors (Lipinski definition) is 6. The third-order valence-corrected chi connectivity index (χ3v) is 8.28. The van der Waals surface area contributed by atoms with Gasteiger partial charge in [-0.1, -0.05) is 109 Å². The molecule has 0 radical (unpaired) electrons. The lowest BCUT2D eigenvalue weighted by atomic mass is 9.95. The summed E-state index contributed by atoms with van der Waals surface area (Å²) in [5.74, 6) is -4.16. The highest BCUT2D eigenvalue weighted by molar-refractivity contribution is 5.91. The highest BCUT2D eigenvalue weighted by Crippen LogP contribution is 2.14. The van der Waals surface area contributed by atoms with Gasteiger partial charge in [0.1, 0.15) is 18.1 Å². The van der Waals surface area contributed by atoms with Crippen molar-refractivity contribution in [2.24, 2.45) is 17.8 Å². The number of hydrogen-bond donors (Lipinski definition) is 6. The lowest BCUT2D eigenvalue weighted by molar-refractivity contribution is -0.143. The SMILES string of the molecule is CC[C@H](C)[C@H](NC(=O)C[C@H](O)[C@H](Cc1ccccc1)NC(=O)C(NC(=O)CCc1ccccc1)C(C)C)C(=O)NC(C(=O)O)C(C)C. The zero-order valence-corrected chi connectivity index (χ0v) is 28.4. The summed E-state index contributed by atoms with van der Waals surface area (Å²) in [6.45, 7) is 10.6. The molecule has 2 aromatic carbocycles. The van der Waals surface area contributed by atoms with Gasteiger partial charge in [-0.3, -0.25) is 19.2 Å². The molecule has 0 aromatic heterocycles. The molecule has 2 unspecified atom stereocenters. The monoisotopic (exact) mass is 652 g/mol. The van der Waals surface area contributed by atoms with E-state index in [1.165, 1.54) is 0 Å². The highest BCUT2D eigenvalue weighted by atomic mass is 16.4. The average Bonchev–Trinajstić information content (AvgIpc) is 3.03. The number of amides is 4. The molecule has 0 heterocycles. The molecule has 0 fully saturated rings. The normalized spacial score (nSPS) is 15.1. The number of aryl methyl sites for hydroxylation is 1. The van der Waals surface area contributed by atoms with Crippen molar-refractivity contribution in [1.29, 1.82) is 0 Å². The van der Waals surface area contributed by atoms with Gasteiger partial charge in [-0.15, -0.1) is 0 Å². The average molecular weight is 653 g/mol. The molecule has 4 amide bonds. The zero-order chi connectivity index (χ0) is 35.1. The smallest absolute Gasteiger partial charge is 0.326 e. The summed E-state index contributed by atoms with van der Waals surface area (Å²) < 4.78 is 0. The maximum Gasteiger partial charge on any atom is 0.326 e. The molecule has 0 saturated carbocycles. The summed E-state index contributed by atoms with van der Waals surface area (Å²) in [4.78, 5) is 64.4. The second-order valence-electron chi connectivity index (χ2n) is 12.9. The van der Waals surface area contributed by atoms with Crippen LogP contribution >= 0.6 is 0 Å². The Kier molecular flexibility index (Phi) is 16.1. The van der Waals surface area contributed by atoms with Crippen molar-refractivity contribution in [3.05, 3.63) is 71.8 Å². The molecule has 2 aromatic rings. The molecule has 11 heteroatoms. The summed E-state index contributed by atoms with van der Waals surface area (Å²) in [6, 6.07) is 14.8. The number of benzene rings is 2. The molecule has 0 aliphatic rings. The Hall–Kier alpha value is -4.25. The third kappa shape index (κ3) is 13.2. The van der Waals surface area contributed by atoms with Gasteiger partial charge >= 0.3 is 5.97 Å². The molecule has 6 atom stereocenters. The minimum atomic E-state index is -1.34. The van der Waals surface area contributed by atoms with E-state index in [9.17, 15) is 34.2 Å². The molecular weight excluding hydrogens is 600 g/mol. The molecule has 11 nitrogen and oxygen atoms in total. The second-order valence-corrected chi connectivity index (χ2v) is 12.9. The lowest BCUT2D eigenvalue weighted by Gasteiger charge is -2.30. The minimum absolute atomic E-state index is 0.200. The van der Waals surface area contributed by atoms with E-state index in [1.807, 2.05) is 81.4 Å². The van der Waals surface area contributed by atoms with Crippen molar-refractivity contribution >= 4 is 29.6 Å². The molecular formula is C36H52N4O7. The van der Waals surface area contributed by atoms with Crippen LogP contribution < -0.4 is 21.3 Å². The van der Waals surface area contributed by atoms with Crippen molar-refractivity contribution < 1.29 is 34.2 Å². The van der Waals surface area contributed by atoms with Crippen LogP contribution in [0, 0.1) is 17.8 Å². The quantitative estimate of drug-likeness (QED) is 0.135. The van der Waals surface area contributed by atoms with E-state index in [0.29, 0.717) is 12.8 Å². The number of aliphatic hydroxyl groups is 1. The Bertz CT molecular complexity index is 1300. The minimum Gasteiger partial charge on any atom is -0.480 e. The van der Waals surface area contributed by atoms with Crippen LogP contribution in [-0.4, -0.2) is 70.1 Å². The van der Waals surface area contributed by atoms with Crippen molar-refractivity contribution in [2.45, 2.75) is 104 Å². The van der Waals surface area contributed by atoms with E-state index in [1.54, 1.807) is 20.8 Å². The molecule has 258 valence electrons. The first-order valence-electron chi connectivity index (χ1n) is 16.4. The Morgan fingerprint density at radius 1 is 0.660 bits per heavy atom. The summed E-state index contributed by atoms with van der Waals surface area (Å²) in [6.07, 6.45) is -0.317. The van der Waals surface area contributed by atoms with Gasteiger partial charge < -0.3 is 31.5 Å². The topological polar surface area (TPSA) is 174 Å². The van der Waals surface area contributed by atoms with Gasteiger partial charge in [-0.05, 0) is 41.7 Å². The van der Waals surface area contributed by atoms with Gasteiger partial charge in [0.2, 0.25) is 23.6 Å². The van der Waals surface area contributed by atoms with Gasteiger partial charge in [-0.2, -0.15) is 0 Å². The van der Waals surface area contributed by atoms with Crippen molar-refractivity contribution in [3.8, 4) is 0 Å². The molecule has 0 bridgehead atoms. The highest BCUT2D eigenvalue weighted by Gasteiger charge is 2.33. The number of carbonyl (C=O) groups excluding carboxylic acids is 4. The summed E-state index contributed by atoms with van der Waals surface area (Å²) >= 11 is 0. The first kappa shape index (κ1) is 38.9. The lowest BCUT2D eigenvalue weighted by Crippen LogP contribution is -2.57. The number of carbonyl (C=O) groups is 5. The first-order chi connectivity index (χ1) is 22.2. The largest absolute Gasteiger partial charge is 0.480 e. The van der Waals surface area contributed by atoms with Crippen molar-refractivity contribution in [2.75, 3.05) is 0 Å². The molecule has 47 heavy (non-hydrogen) atoms. The predicted molar refractivity (Wildman–Crippen MR) is 180 cm³/mol. The van der Waals surface area contributed by atoms with Crippen molar-refractivity contribution in [1.82, 2.24) is 21.3 Å². The Labute approximate surface area is 278 Å². The summed E-state index contributed by atoms with van der Waals surface area (Å²) in [5.41, 5.74) is 1.82. The van der Waals surface area contributed by atoms with Crippen LogP contribution in [0.1, 0.15) is 71.9 Å². The Balaban J connectivity index is 2.17. The predicted octanol–water partition coefficient (Wildman–Crippen LogP) is 2.99. The molecule has 2 rings (SSSR count). The van der Waals surface area contributed by atoms with Crippen LogP contribution in [0.15, 0.2) is 60.7 Å². The van der Waals surface area contributed by atoms with E-state index >= 15 is 0 Å². The van der Waals surface area contributed by atoms with E-state index in [-0.39, 0.29) is 36.5 Å².